The number of aliphatic hydroxyl groups excluding tert-OH is 2. The molecule has 0 aliphatic heterocycles. The molecule has 1 aliphatic rings. The van der Waals surface area contributed by atoms with Crippen LogP contribution in [-0.4, -0.2) is 60.5 Å². The third-order valence-electron chi connectivity index (χ3n) is 2.92. The van der Waals surface area contributed by atoms with Gasteiger partial charge in [-0.15, -0.1) is 0 Å². The van der Waals surface area contributed by atoms with Gasteiger partial charge in [0.25, 0.3) is 0 Å². The number of hydrogen-bond acceptors (Lipinski definition) is 4. The highest BCUT2D eigenvalue weighted by atomic mass is 16.3. The fraction of sp³-hybridized carbons (Fsp3) is 1.00. The lowest BCUT2D eigenvalue weighted by molar-refractivity contribution is -0.0425. The fourth-order valence-corrected chi connectivity index (χ4v) is 2.02. The van der Waals surface area contributed by atoms with E-state index in [4.69, 9.17) is 0 Å². The van der Waals surface area contributed by atoms with E-state index in [1.54, 1.807) is 0 Å². The van der Waals surface area contributed by atoms with Crippen LogP contribution in [0.4, 0.5) is 0 Å². The molecule has 0 radical (unpaired) electrons. The Hall–Kier alpha value is -0.160. The molecule has 4 atom stereocenters. The Morgan fingerprint density at radius 2 is 1.69 bits per heavy atom. The second-order valence-corrected chi connectivity index (χ2v) is 4.03. The van der Waals surface area contributed by atoms with Gasteiger partial charge in [-0.3, -0.25) is 0 Å². The molecule has 0 spiro atoms. The third-order valence-corrected chi connectivity index (χ3v) is 2.92. The van der Waals surface area contributed by atoms with Gasteiger partial charge >= 0.3 is 0 Å². The molecule has 0 saturated heterocycles. The predicted molar refractivity (Wildman–Crippen MR) is 51.6 cm³/mol. The van der Waals surface area contributed by atoms with Gasteiger partial charge in [0.05, 0.1) is 12.2 Å². The van der Waals surface area contributed by atoms with E-state index in [2.05, 4.69) is 10.2 Å². The molecule has 4 nitrogen and oxygen atoms in total. The summed E-state index contributed by atoms with van der Waals surface area (Å²) in [6.07, 6.45) is 0.117. The minimum atomic E-state index is -0.575. The average molecular weight is 188 g/mol. The quantitative estimate of drug-likeness (QED) is 0.521. The summed E-state index contributed by atoms with van der Waals surface area (Å²) in [7, 11) is 5.89. The molecule has 4 heteroatoms. The normalized spacial score (nSPS) is 41.1. The number of rotatable bonds is 2. The summed E-state index contributed by atoms with van der Waals surface area (Å²) in [4.78, 5) is 2.09. The molecule has 1 saturated carbocycles. The van der Waals surface area contributed by atoms with Gasteiger partial charge in [-0.25, -0.2) is 0 Å². The van der Waals surface area contributed by atoms with Crippen LogP contribution in [0.15, 0.2) is 0 Å². The highest BCUT2D eigenvalue weighted by Crippen LogP contribution is 2.22. The Labute approximate surface area is 79.6 Å². The number of hydrogen-bond donors (Lipinski definition) is 3. The highest BCUT2D eigenvalue weighted by Gasteiger charge is 2.35. The van der Waals surface area contributed by atoms with Gasteiger partial charge in [0.1, 0.15) is 0 Å². The Bertz CT molecular complexity index is 164. The van der Waals surface area contributed by atoms with Gasteiger partial charge < -0.3 is 20.4 Å². The van der Waals surface area contributed by atoms with Crippen LogP contribution in [0.25, 0.3) is 0 Å². The monoisotopic (exact) mass is 188 g/mol. The molecule has 4 unspecified atom stereocenters. The second-order valence-electron chi connectivity index (χ2n) is 4.03. The van der Waals surface area contributed by atoms with Crippen molar-refractivity contribution in [2.75, 3.05) is 21.1 Å². The van der Waals surface area contributed by atoms with Crippen LogP contribution >= 0.6 is 0 Å². The van der Waals surface area contributed by atoms with E-state index in [1.165, 1.54) is 0 Å². The molecular formula is C9H20N2O2. The summed E-state index contributed by atoms with van der Waals surface area (Å²) in [6.45, 7) is 0. The van der Waals surface area contributed by atoms with Crippen molar-refractivity contribution in [1.82, 2.24) is 10.2 Å². The minimum Gasteiger partial charge on any atom is -0.390 e. The molecule has 1 fully saturated rings. The first kappa shape index (κ1) is 10.9. The van der Waals surface area contributed by atoms with E-state index in [0.717, 1.165) is 0 Å². The molecule has 0 aromatic carbocycles. The molecule has 78 valence electrons. The fourth-order valence-electron chi connectivity index (χ4n) is 2.02. The van der Waals surface area contributed by atoms with Crippen LogP contribution in [0.5, 0.6) is 0 Å². The number of nitrogens with zero attached hydrogens (tertiary/aromatic N) is 1. The SMILES string of the molecule is CNC1CC(O)C(O)CC1N(C)C. The van der Waals surface area contributed by atoms with Crippen LogP contribution in [0.2, 0.25) is 0 Å². The molecular weight excluding hydrogens is 168 g/mol. The summed E-state index contributed by atoms with van der Waals surface area (Å²) in [5.74, 6) is 0. The van der Waals surface area contributed by atoms with Crippen molar-refractivity contribution >= 4 is 0 Å². The van der Waals surface area contributed by atoms with Crippen molar-refractivity contribution < 1.29 is 10.2 Å². The van der Waals surface area contributed by atoms with Gasteiger partial charge in [0.2, 0.25) is 0 Å². The van der Waals surface area contributed by atoms with Crippen molar-refractivity contribution in [3.05, 3.63) is 0 Å². The molecule has 1 aliphatic carbocycles. The van der Waals surface area contributed by atoms with Gasteiger partial charge in [-0.05, 0) is 34.0 Å². The summed E-state index contributed by atoms with van der Waals surface area (Å²) in [5, 5.41) is 22.1. The molecule has 0 amide bonds. The van der Waals surface area contributed by atoms with Gasteiger partial charge in [-0.2, -0.15) is 0 Å². The van der Waals surface area contributed by atoms with Crippen molar-refractivity contribution in [1.29, 1.82) is 0 Å². The lowest BCUT2D eigenvalue weighted by Gasteiger charge is -2.40. The smallest absolute Gasteiger partial charge is 0.0815 e. The van der Waals surface area contributed by atoms with Gasteiger partial charge in [-0.1, -0.05) is 0 Å². The van der Waals surface area contributed by atoms with Crippen LogP contribution in [-0.2, 0) is 0 Å². The number of likely N-dealkylation sites (N-methyl/N-ethyl adjacent to an activating group) is 2. The zero-order valence-corrected chi connectivity index (χ0v) is 8.57. The summed E-state index contributed by atoms with van der Waals surface area (Å²) >= 11 is 0. The highest BCUT2D eigenvalue weighted by molar-refractivity contribution is 4.93. The molecule has 0 aromatic heterocycles. The van der Waals surface area contributed by atoms with E-state index >= 15 is 0 Å². The lowest BCUT2D eigenvalue weighted by Crippen LogP contribution is -2.55. The topological polar surface area (TPSA) is 55.7 Å². The van der Waals surface area contributed by atoms with Crippen LogP contribution < -0.4 is 5.32 Å². The summed E-state index contributed by atoms with van der Waals surface area (Å²) in [5.41, 5.74) is 0. The Morgan fingerprint density at radius 1 is 1.15 bits per heavy atom. The maximum absolute atomic E-state index is 9.51. The Balaban J connectivity index is 2.61. The largest absolute Gasteiger partial charge is 0.390 e. The third kappa shape index (κ3) is 2.40. The first-order chi connectivity index (χ1) is 6.06. The molecule has 1 rings (SSSR count). The zero-order chi connectivity index (χ0) is 10.0. The first-order valence-electron chi connectivity index (χ1n) is 4.76. The summed E-state index contributed by atoms with van der Waals surface area (Å²) < 4.78 is 0. The molecule has 13 heavy (non-hydrogen) atoms. The molecule has 0 heterocycles. The lowest BCUT2D eigenvalue weighted by atomic mass is 9.85. The molecule has 0 aromatic rings. The van der Waals surface area contributed by atoms with Crippen LogP contribution in [0.3, 0.4) is 0 Å². The zero-order valence-electron chi connectivity index (χ0n) is 8.57. The van der Waals surface area contributed by atoms with Gasteiger partial charge in [0, 0.05) is 12.1 Å². The standard InChI is InChI=1S/C9H20N2O2/c1-10-6-4-8(12)9(13)5-7(6)11(2)3/h6-10,12-13H,4-5H2,1-3H3. The van der Waals surface area contributed by atoms with Crippen molar-refractivity contribution in [2.45, 2.75) is 37.1 Å². The van der Waals surface area contributed by atoms with Crippen LogP contribution in [0.1, 0.15) is 12.8 Å². The van der Waals surface area contributed by atoms with Crippen molar-refractivity contribution in [2.24, 2.45) is 0 Å². The van der Waals surface area contributed by atoms with E-state index in [9.17, 15) is 10.2 Å². The Morgan fingerprint density at radius 3 is 2.15 bits per heavy atom. The van der Waals surface area contributed by atoms with E-state index < -0.39 is 12.2 Å². The number of nitrogens with one attached hydrogen (secondary N) is 1. The molecule has 0 bridgehead atoms. The maximum Gasteiger partial charge on any atom is 0.0815 e. The summed E-state index contributed by atoms with van der Waals surface area (Å²) in [6, 6.07) is 0.580. The first-order valence-corrected chi connectivity index (χ1v) is 4.76. The predicted octanol–water partition coefficient (Wildman–Crippen LogP) is -0.980. The average Bonchev–Trinajstić information content (AvgIpc) is 2.08. The maximum atomic E-state index is 9.51. The van der Waals surface area contributed by atoms with Gasteiger partial charge in [0.15, 0.2) is 0 Å². The van der Waals surface area contributed by atoms with E-state index in [0.29, 0.717) is 18.9 Å². The Kier molecular flexibility index (Phi) is 3.67. The van der Waals surface area contributed by atoms with Crippen molar-refractivity contribution in [3.8, 4) is 0 Å². The van der Waals surface area contributed by atoms with E-state index in [-0.39, 0.29) is 6.04 Å². The molecule has 3 N–H and O–H groups in total. The number of aliphatic hydroxyl groups is 2. The minimum absolute atomic E-state index is 0.272. The second kappa shape index (κ2) is 4.37. The van der Waals surface area contributed by atoms with E-state index in [1.807, 2.05) is 21.1 Å². The van der Waals surface area contributed by atoms with Crippen LogP contribution in [0, 0.1) is 0 Å². The van der Waals surface area contributed by atoms with Crippen molar-refractivity contribution in [3.63, 3.8) is 0 Å².